The smallest absolute Gasteiger partial charge is 0.278 e. The molecule has 0 aliphatic rings. The van der Waals surface area contributed by atoms with Crippen LogP contribution in [-0.4, -0.2) is 27.9 Å². The summed E-state index contributed by atoms with van der Waals surface area (Å²) in [4.78, 5) is 7.92. The first kappa shape index (κ1) is 17.1. The van der Waals surface area contributed by atoms with E-state index in [9.17, 15) is 13.3 Å². The number of aromatic nitrogens is 3. The zero-order chi connectivity index (χ0) is 17.5. The topological polar surface area (TPSA) is 47.8 Å². The number of rotatable bonds is 4. The molecule has 2 aromatic heterocycles. The van der Waals surface area contributed by atoms with Gasteiger partial charge in [-0.2, -0.15) is 4.98 Å². The predicted molar refractivity (Wildman–Crippen MR) is 92.1 cm³/mol. The Hall–Kier alpha value is -1.78. The lowest BCUT2D eigenvalue weighted by Crippen LogP contribution is -2.15. The van der Waals surface area contributed by atoms with Crippen LogP contribution in [0, 0.1) is 0 Å². The van der Waals surface area contributed by atoms with Gasteiger partial charge in [0.15, 0.2) is 0 Å². The summed E-state index contributed by atoms with van der Waals surface area (Å²) in [5, 5.41) is 1.16. The lowest BCUT2D eigenvalue weighted by atomic mass is 10.2. The fraction of sp³-hybridized carbons (Fsp3) is 0.250. The second kappa shape index (κ2) is 6.26. The molecule has 0 bridgehead atoms. The summed E-state index contributed by atoms with van der Waals surface area (Å²) in [6, 6.07) is 8.50. The number of nitrogens with zero attached hydrogens (tertiary/aromatic N) is 3. The molecule has 0 radical (unpaired) electrons. The average molecular weight is 370 g/mol. The zero-order valence-corrected chi connectivity index (χ0v) is 14.7. The third kappa shape index (κ3) is 3.21. The van der Waals surface area contributed by atoms with Crippen molar-refractivity contribution in [2.45, 2.75) is 13.0 Å². The SMILES string of the molecule is CP(C)(=O)c1ccccc1Cn1c(C(F)F)cc2cnc(Cl)nc21. The highest BCUT2D eigenvalue weighted by molar-refractivity contribution is 7.70. The summed E-state index contributed by atoms with van der Waals surface area (Å²) >= 11 is 5.82. The van der Waals surface area contributed by atoms with Gasteiger partial charge in [-0.05, 0) is 36.6 Å². The van der Waals surface area contributed by atoms with E-state index in [0.717, 1.165) is 5.56 Å². The van der Waals surface area contributed by atoms with E-state index in [1.54, 1.807) is 37.6 Å². The van der Waals surface area contributed by atoms with Crippen LogP contribution in [-0.2, 0) is 11.1 Å². The van der Waals surface area contributed by atoms with Gasteiger partial charge in [0.05, 0.1) is 12.2 Å². The van der Waals surface area contributed by atoms with Gasteiger partial charge in [0, 0.05) is 16.9 Å². The highest BCUT2D eigenvalue weighted by atomic mass is 35.5. The van der Waals surface area contributed by atoms with E-state index in [4.69, 9.17) is 11.6 Å². The number of fused-ring (bicyclic) bond motifs is 1. The standard InChI is InChI=1S/C16H15ClF2N3OP/c1-24(2,23)13-6-4-3-5-10(13)9-22-12(14(18)19)7-11-8-20-16(17)21-15(11)22/h3-8,14H,9H2,1-2H3. The summed E-state index contributed by atoms with van der Waals surface area (Å²) in [6.07, 6.45) is -1.25. The molecular weight excluding hydrogens is 355 g/mol. The third-order valence-corrected chi connectivity index (χ3v) is 5.54. The molecular formula is C16H15ClF2N3OP. The van der Waals surface area contributed by atoms with E-state index in [1.807, 2.05) is 0 Å². The van der Waals surface area contributed by atoms with Crippen LogP contribution in [0.3, 0.4) is 0 Å². The molecule has 0 atom stereocenters. The number of hydrogen-bond donors (Lipinski definition) is 0. The molecule has 1 aromatic carbocycles. The Morgan fingerprint density at radius 1 is 1.29 bits per heavy atom. The van der Waals surface area contributed by atoms with Crippen LogP contribution in [0.4, 0.5) is 8.78 Å². The van der Waals surface area contributed by atoms with E-state index in [-0.39, 0.29) is 17.5 Å². The monoisotopic (exact) mass is 369 g/mol. The minimum atomic E-state index is -2.67. The Morgan fingerprint density at radius 3 is 2.67 bits per heavy atom. The van der Waals surface area contributed by atoms with E-state index >= 15 is 0 Å². The second-order valence-electron chi connectivity index (χ2n) is 5.85. The molecule has 3 rings (SSSR count). The lowest BCUT2D eigenvalue weighted by molar-refractivity contribution is 0.142. The normalized spacial score (nSPS) is 12.2. The summed E-state index contributed by atoms with van der Waals surface area (Å²) < 4.78 is 40.8. The molecule has 0 spiro atoms. The molecule has 3 aromatic rings. The predicted octanol–water partition coefficient (Wildman–Crippen LogP) is 4.32. The summed E-state index contributed by atoms with van der Waals surface area (Å²) in [5.74, 6) is 0. The fourth-order valence-electron chi connectivity index (χ4n) is 2.73. The summed E-state index contributed by atoms with van der Waals surface area (Å²) in [7, 11) is -2.54. The molecule has 0 unspecified atom stereocenters. The highest BCUT2D eigenvalue weighted by Crippen LogP contribution is 2.36. The minimum absolute atomic E-state index is 0.00685. The maximum atomic E-state index is 13.4. The van der Waals surface area contributed by atoms with Crippen molar-refractivity contribution in [2.24, 2.45) is 0 Å². The van der Waals surface area contributed by atoms with Gasteiger partial charge in [-0.25, -0.2) is 13.8 Å². The van der Waals surface area contributed by atoms with Crippen molar-refractivity contribution in [3.63, 3.8) is 0 Å². The van der Waals surface area contributed by atoms with Gasteiger partial charge in [0.2, 0.25) is 5.28 Å². The Labute approximate surface area is 142 Å². The van der Waals surface area contributed by atoms with E-state index in [2.05, 4.69) is 9.97 Å². The van der Waals surface area contributed by atoms with Crippen molar-refractivity contribution >= 4 is 35.1 Å². The van der Waals surface area contributed by atoms with Gasteiger partial charge in [-0.3, -0.25) is 0 Å². The summed E-state index contributed by atoms with van der Waals surface area (Å²) in [5.41, 5.74) is 0.889. The fourth-order valence-corrected chi connectivity index (χ4v) is 4.14. The molecule has 4 nitrogen and oxygen atoms in total. The van der Waals surface area contributed by atoms with Crippen molar-refractivity contribution in [3.05, 3.63) is 53.1 Å². The maximum absolute atomic E-state index is 13.4. The molecule has 0 saturated carbocycles. The van der Waals surface area contributed by atoms with E-state index < -0.39 is 13.6 Å². The third-order valence-electron chi connectivity index (χ3n) is 3.76. The van der Waals surface area contributed by atoms with Crippen LogP contribution in [0.25, 0.3) is 11.0 Å². The van der Waals surface area contributed by atoms with Crippen LogP contribution in [0.15, 0.2) is 36.5 Å². The van der Waals surface area contributed by atoms with Crippen LogP contribution in [0.2, 0.25) is 5.28 Å². The molecule has 0 fully saturated rings. The van der Waals surface area contributed by atoms with Crippen LogP contribution in [0.5, 0.6) is 0 Å². The van der Waals surface area contributed by atoms with Crippen LogP contribution in [0.1, 0.15) is 17.7 Å². The first-order valence-corrected chi connectivity index (χ1v) is 10.2. The molecule has 0 aliphatic heterocycles. The molecule has 0 saturated heterocycles. The Kier molecular flexibility index (Phi) is 4.45. The lowest BCUT2D eigenvalue weighted by Gasteiger charge is -2.16. The first-order valence-electron chi connectivity index (χ1n) is 7.20. The minimum Gasteiger partial charge on any atom is -0.320 e. The van der Waals surface area contributed by atoms with Gasteiger partial charge in [0.1, 0.15) is 12.8 Å². The Bertz CT molecular complexity index is 952. The van der Waals surface area contributed by atoms with Crippen molar-refractivity contribution in [1.29, 1.82) is 0 Å². The van der Waals surface area contributed by atoms with Gasteiger partial charge in [-0.15, -0.1) is 0 Å². The molecule has 126 valence electrons. The number of hydrogen-bond acceptors (Lipinski definition) is 3. The molecule has 8 heteroatoms. The van der Waals surface area contributed by atoms with Crippen LogP contribution < -0.4 is 5.30 Å². The number of benzene rings is 1. The molecule has 0 aliphatic carbocycles. The second-order valence-corrected chi connectivity index (χ2v) is 9.38. The molecule has 24 heavy (non-hydrogen) atoms. The van der Waals surface area contributed by atoms with Gasteiger partial charge in [0.25, 0.3) is 6.43 Å². The quantitative estimate of drug-likeness (QED) is 0.508. The number of halogens is 3. The Balaban J connectivity index is 2.19. The van der Waals surface area contributed by atoms with Gasteiger partial charge < -0.3 is 9.13 Å². The average Bonchev–Trinajstić information content (AvgIpc) is 2.85. The maximum Gasteiger partial charge on any atom is 0.278 e. The number of alkyl halides is 2. The molecule has 0 N–H and O–H groups in total. The van der Waals surface area contributed by atoms with E-state index in [0.29, 0.717) is 16.3 Å². The Morgan fingerprint density at radius 2 is 2.00 bits per heavy atom. The largest absolute Gasteiger partial charge is 0.320 e. The highest BCUT2D eigenvalue weighted by Gasteiger charge is 2.21. The summed E-state index contributed by atoms with van der Waals surface area (Å²) in [6.45, 7) is 3.46. The van der Waals surface area contributed by atoms with E-state index in [1.165, 1.54) is 16.8 Å². The molecule has 2 heterocycles. The van der Waals surface area contributed by atoms with Crippen molar-refractivity contribution < 1.29 is 13.3 Å². The zero-order valence-electron chi connectivity index (χ0n) is 13.1. The van der Waals surface area contributed by atoms with Crippen LogP contribution >= 0.6 is 18.7 Å². The van der Waals surface area contributed by atoms with Gasteiger partial charge >= 0.3 is 0 Å². The van der Waals surface area contributed by atoms with Crippen molar-refractivity contribution in [3.8, 4) is 0 Å². The first-order chi connectivity index (χ1) is 11.3. The van der Waals surface area contributed by atoms with Crippen molar-refractivity contribution in [1.82, 2.24) is 14.5 Å². The molecule has 0 amide bonds. The van der Waals surface area contributed by atoms with Crippen molar-refractivity contribution in [2.75, 3.05) is 13.3 Å². The van der Waals surface area contributed by atoms with Gasteiger partial charge in [-0.1, -0.05) is 24.3 Å².